The molecule has 0 saturated heterocycles. The van der Waals surface area contributed by atoms with E-state index in [0.717, 1.165) is 6.54 Å². The summed E-state index contributed by atoms with van der Waals surface area (Å²) in [7, 11) is -2.87. The Hall–Kier alpha value is -0.910. The molecule has 1 heterocycles. The molecule has 0 aliphatic carbocycles. The maximum Gasteiger partial charge on any atom is 0.148 e. The summed E-state index contributed by atoms with van der Waals surface area (Å²) in [6, 6.07) is 8.24. The summed E-state index contributed by atoms with van der Waals surface area (Å²) in [6.07, 6.45) is 1.26. The molecule has 0 saturated carbocycles. The SMILES string of the molecule is CS(=O)(=O)CCNCc1csc2ccccc12. The van der Waals surface area contributed by atoms with E-state index in [-0.39, 0.29) is 5.75 Å². The molecule has 1 N–H and O–H groups in total. The zero-order chi connectivity index (χ0) is 12.3. The number of rotatable bonds is 5. The Morgan fingerprint density at radius 3 is 2.82 bits per heavy atom. The van der Waals surface area contributed by atoms with Gasteiger partial charge in [-0.05, 0) is 22.4 Å². The Kier molecular flexibility index (Phi) is 3.81. The van der Waals surface area contributed by atoms with Gasteiger partial charge >= 0.3 is 0 Å². The predicted molar refractivity (Wildman–Crippen MR) is 73.2 cm³/mol. The third-order valence-corrected chi connectivity index (χ3v) is 4.48. The van der Waals surface area contributed by atoms with Gasteiger partial charge in [0, 0.05) is 24.0 Å². The van der Waals surface area contributed by atoms with Crippen molar-refractivity contribution in [2.24, 2.45) is 0 Å². The van der Waals surface area contributed by atoms with Crippen molar-refractivity contribution in [2.45, 2.75) is 6.54 Å². The van der Waals surface area contributed by atoms with E-state index < -0.39 is 9.84 Å². The van der Waals surface area contributed by atoms with E-state index in [1.165, 1.54) is 21.9 Å². The molecule has 0 radical (unpaired) electrons. The van der Waals surface area contributed by atoms with Crippen LogP contribution < -0.4 is 5.32 Å². The molecule has 0 aliphatic heterocycles. The third-order valence-electron chi connectivity index (χ3n) is 2.53. The fourth-order valence-corrected chi connectivity index (χ4v) is 3.13. The maximum absolute atomic E-state index is 11.0. The summed E-state index contributed by atoms with van der Waals surface area (Å²) in [6.45, 7) is 1.22. The van der Waals surface area contributed by atoms with E-state index in [0.29, 0.717) is 6.54 Å². The number of sulfone groups is 1. The van der Waals surface area contributed by atoms with Gasteiger partial charge in [-0.3, -0.25) is 0 Å². The van der Waals surface area contributed by atoms with Crippen molar-refractivity contribution in [1.82, 2.24) is 5.32 Å². The first-order chi connectivity index (χ1) is 8.06. The van der Waals surface area contributed by atoms with Crippen LogP contribution in [0, 0.1) is 0 Å². The minimum atomic E-state index is -2.87. The Labute approximate surface area is 105 Å². The summed E-state index contributed by atoms with van der Waals surface area (Å²) < 4.78 is 23.2. The number of hydrogen-bond donors (Lipinski definition) is 1. The second-order valence-electron chi connectivity index (χ2n) is 4.06. The molecule has 2 rings (SSSR count). The lowest BCUT2D eigenvalue weighted by molar-refractivity contribution is 0.596. The normalized spacial score (nSPS) is 12.1. The summed E-state index contributed by atoms with van der Waals surface area (Å²) >= 11 is 1.72. The van der Waals surface area contributed by atoms with Gasteiger partial charge in [-0.2, -0.15) is 0 Å². The maximum atomic E-state index is 11.0. The molecule has 0 unspecified atom stereocenters. The highest BCUT2D eigenvalue weighted by molar-refractivity contribution is 7.90. The lowest BCUT2D eigenvalue weighted by atomic mass is 10.2. The number of thiophene rings is 1. The minimum absolute atomic E-state index is 0.190. The quantitative estimate of drug-likeness (QED) is 0.845. The van der Waals surface area contributed by atoms with Crippen LogP contribution in [0.3, 0.4) is 0 Å². The Morgan fingerprint density at radius 1 is 1.29 bits per heavy atom. The monoisotopic (exact) mass is 269 g/mol. The molecular weight excluding hydrogens is 254 g/mol. The topological polar surface area (TPSA) is 46.2 Å². The van der Waals surface area contributed by atoms with Gasteiger partial charge in [-0.1, -0.05) is 18.2 Å². The highest BCUT2D eigenvalue weighted by Gasteiger charge is 2.04. The first-order valence-electron chi connectivity index (χ1n) is 5.40. The van der Waals surface area contributed by atoms with E-state index in [1.807, 2.05) is 12.1 Å². The lowest BCUT2D eigenvalue weighted by Crippen LogP contribution is -2.21. The molecule has 0 fully saturated rings. The number of fused-ring (bicyclic) bond motifs is 1. The zero-order valence-corrected chi connectivity index (χ0v) is 11.3. The molecule has 0 bridgehead atoms. The molecule has 0 amide bonds. The third kappa shape index (κ3) is 3.52. The number of nitrogens with one attached hydrogen (secondary N) is 1. The minimum Gasteiger partial charge on any atom is -0.312 e. The van der Waals surface area contributed by atoms with Crippen molar-refractivity contribution in [1.29, 1.82) is 0 Å². The second-order valence-corrected chi connectivity index (χ2v) is 7.23. The fourth-order valence-electron chi connectivity index (χ4n) is 1.65. The van der Waals surface area contributed by atoms with Gasteiger partial charge in [0.25, 0.3) is 0 Å². The molecule has 1 aromatic heterocycles. The van der Waals surface area contributed by atoms with Crippen LogP contribution >= 0.6 is 11.3 Å². The van der Waals surface area contributed by atoms with Crippen molar-refractivity contribution in [3.63, 3.8) is 0 Å². The largest absolute Gasteiger partial charge is 0.312 e. The van der Waals surface area contributed by atoms with E-state index in [2.05, 4.69) is 22.8 Å². The van der Waals surface area contributed by atoms with Crippen LogP contribution in [0.15, 0.2) is 29.6 Å². The van der Waals surface area contributed by atoms with E-state index >= 15 is 0 Å². The van der Waals surface area contributed by atoms with Crippen molar-refractivity contribution < 1.29 is 8.42 Å². The molecule has 3 nitrogen and oxygen atoms in total. The number of benzene rings is 1. The summed E-state index contributed by atoms with van der Waals surface area (Å²) in [4.78, 5) is 0. The van der Waals surface area contributed by atoms with Gasteiger partial charge in [0.15, 0.2) is 0 Å². The van der Waals surface area contributed by atoms with Crippen molar-refractivity contribution in [2.75, 3.05) is 18.6 Å². The average Bonchev–Trinajstić information content (AvgIpc) is 2.67. The van der Waals surface area contributed by atoms with Crippen LogP contribution in [0.2, 0.25) is 0 Å². The Bertz CT molecular complexity index is 602. The van der Waals surface area contributed by atoms with Gasteiger partial charge in [-0.15, -0.1) is 11.3 Å². The van der Waals surface area contributed by atoms with E-state index in [9.17, 15) is 8.42 Å². The molecule has 0 aliphatic rings. The standard InChI is InChI=1S/C12H15NO2S2/c1-17(14,15)7-6-13-8-10-9-16-12-5-3-2-4-11(10)12/h2-5,9,13H,6-8H2,1H3. The average molecular weight is 269 g/mol. The lowest BCUT2D eigenvalue weighted by Gasteiger charge is -2.02. The fraction of sp³-hybridized carbons (Fsp3) is 0.333. The van der Waals surface area contributed by atoms with Crippen LogP contribution in [-0.2, 0) is 16.4 Å². The van der Waals surface area contributed by atoms with Gasteiger partial charge in [0.1, 0.15) is 9.84 Å². The molecule has 17 heavy (non-hydrogen) atoms. The van der Waals surface area contributed by atoms with Crippen LogP contribution in [0.5, 0.6) is 0 Å². The highest BCUT2D eigenvalue weighted by Crippen LogP contribution is 2.25. The van der Waals surface area contributed by atoms with E-state index in [1.54, 1.807) is 11.3 Å². The van der Waals surface area contributed by atoms with Gasteiger partial charge in [0.2, 0.25) is 0 Å². The molecule has 0 spiro atoms. The van der Waals surface area contributed by atoms with Gasteiger partial charge < -0.3 is 5.32 Å². The molecule has 5 heteroatoms. The smallest absolute Gasteiger partial charge is 0.148 e. The first-order valence-corrected chi connectivity index (χ1v) is 8.34. The van der Waals surface area contributed by atoms with Crippen LogP contribution in [0.25, 0.3) is 10.1 Å². The van der Waals surface area contributed by atoms with Crippen molar-refractivity contribution >= 4 is 31.3 Å². The van der Waals surface area contributed by atoms with Crippen LogP contribution in [0.1, 0.15) is 5.56 Å². The summed E-state index contributed by atoms with van der Waals surface area (Å²) in [5.74, 6) is 0.190. The molecule has 1 aromatic carbocycles. The number of hydrogen-bond acceptors (Lipinski definition) is 4. The summed E-state index contributed by atoms with van der Waals surface area (Å²) in [5, 5.41) is 6.54. The van der Waals surface area contributed by atoms with Crippen molar-refractivity contribution in [3.05, 3.63) is 35.2 Å². The Balaban J connectivity index is 1.96. The highest BCUT2D eigenvalue weighted by atomic mass is 32.2. The molecular formula is C12H15NO2S2. The molecule has 0 atom stereocenters. The first kappa shape index (κ1) is 12.5. The van der Waals surface area contributed by atoms with Gasteiger partial charge in [0.05, 0.1) is 5.75 Å². The summed E-state index contributed by atoms with van der Waals surface area (Å²) in [5.41, 5.74) is 1.24. The molecule has 2 aromatic rings. The Morgan fingerprint density at radius 2 is 2.06 bits per heavy atom. The predicted octanol–water partition coefficient (Wildman–Crippen LogP) is 2.04. The van der Waals surface area contributed by atoms with Crippen LogP contribution in [0.4, 0.5) is 0 Å². The van der Waals surface area contributed by atoms with Gasteiger partial charge in [-0.25, -0.2) is 8.42 Å². The van der Waals surface area contributed by atoms with Crippen LogP contribution in [-0.4, -0.2) is 27.0 Å². The van der Waals surface area contributed by atoms with E-state index in [4.69, 9.17) is 0 Å². The van der Waals surface area contributed by atoms with Crippen molar-refractivity contribution in [3.8, 4) is 0 Å². The second kappa shape index (κ2) is 5.16. The molecule has 92 valence electrons. The zero-order valence-electron chi connectivity index (χ0n) is 9.64.